The van der Waals surface area contributed by atoms with Gasteiger partial charge in [0.25, 0.3) is 23.6 Å². The van der Waals surface area contributed by atoms with Crippen molar-refractivity contribution < 1.29 is 62.6 Å². The summed E-state index contributed by atoms with van der Waals surface area (Å²) < 4.78 is 5.21. The van der Waals surface area contributed by atoms with Gasteiger partial charge in [-0.25, -0.2) is 14.5 Å². The minimum Gasteiger partial charge on any atom is -0.480 e. The maximum Gasteiger partial charge on any atom is 0.417 e. The molecular formula is C66H62N4O13S2. The molecule has 17 nitrogen and oxygen atoms in total. The zero-order chi connectivity index (χ0) is 60.8. The topological polar surface area (TPSA) is 240 Å². The molecule has 0 saturated carbocycles. The molecule has 5 atom stereocenters. The lowest BCUT2D eigenvalue weighted by Crippen LogP contribution is -2.45. The Labute approximate surface area is 500 Å². The van der Waals surface area contributed by atoms with Crippen molar-refractivity contribution in [2.24, 2.45) is 0 Å². The average Bonchev–Trinajstić information content (AvgIpc) is 4.31. The molecule has 2 aliphatic heterocycles. The molecule has 7 aromatic rings. The van der Waals surface area contributed by atoms with Gasteiger partial charge in [-0.15, -0.1) is 5.06 Å². The van der Waals surface area contributed by atoms with E-state index in [0.717, 1.165) is 62.5 Å². The molecule has 0 aliphatic carbocycles. The maximum absolute atomic E-state index is 13.4. The summed E-state index contributed by atoms with van der Waals surface area (Å²) in [6, 6.07) is 59.9. The van der Waals surface area contributed by atoms with E-state index in [4.69, 9.17) is 9.57 Å². The molecule has 0 spiro atoms. The van der Waals surface area contributed by atoms with Crippen LogP contribution in [0.4, 0.5) is 4.79 Å². The van der Waals surface area contributed by atoms with Gasteiger partial charge < -0.3 is 25.3 Å². The van der Waals surface area contributed by atoms with Crippen LogP contribution in [-0.4, -0.2) is 108 Å². The van der Waals surface area contributed by atoms with E-state index < -0.39 is 63.5 Å². The van der Waals surface area contributed by atoms with Crippen molar-refractivity contribution in [3.05, 3.63) is 228 Å². The number of cyclic esters (lactones) is 1. The highest BCUT2D eigenvalue weighted by atomic mass is 32.2. The Morgan fingerprint density at radius 1 is 0.541 bits per heavy atom. The van der Waals surface area contributed by atoms with Crippen LogP contribution in [0.1, 0.15) is 71.0 Å². The van der Waals surface area contributed by atoms with Crippen LogP contribution >= 0.6 is 23.5 Å². The fourth-order valence-corrected chi connectivity index (χ4v) is 10.6. The lowest BCUT2D eigenvalue weighted by Gasteiger charge is -2.24. The number of ether oxygens (including phenoxy) is 1. The van der Waals surface area contributed by atoms with E-state index in [9.17, 15) is 53.1 Å². The standard InChI is InChI=1S/C27H25NO4S.C25H23NO4S.C14H14N2O5/c1-19(29)33-25(17-21-12-14-23(15-13-21)22-10-6-3-7-11-22)26(30)28-24(18-32-27(28)31)16-20-8-4-2-5-9-20;1-17(26-23(27)21-10-6-3-7-11-21)25(30)31-22(24(28)29)16-18-12-14-20(15-13-18)19-8-4-2-5-9-19;1-9(15-13(19)10-5-3-2-4-6-10)14(20)21-16-11(17)7-8-12(16)18/h2-15,24-25H,16-18H2,1H3;2-15,17,22H,16H2,1H3,(H,26,27)(H,28,29);2-6,9H,7-8H2,1H3,(H,15,19)/t24-,25?;;/m0../s1. The van der Waals surface area contributed by atoms with Gasteiger partial charge in [-0.1, -0.05) is 199 Å². The van der Waals surface area contributed by atoms with Gasteiger partial charge in [0.15, 0.2) is 5.12 Å². The Balaban J connectivity index is 0.000000187. The van der Waals surface area contributed by atoms with Crippen molar-refractivity contribution in [1.82, 2.24) is 20.6 Å². The molecule has 2 aliphatic rings. The van der Waals surface area contributed by atoms with Gasteiger partial charge in [-0.05, 0) is 96.3 Å². The van der Waals surface area contributed by atoms with Crippen molar-refractivity contribution in [2.75, 3.05) is 6.61 Å². The van der Waals surface area contributed by atoms with Gasteiger partial charge in [-0.2, -0.15) is 0 Å². The van der Waals surface area contributed by atoms with Gasteiger partial charge >= 0.3 is 18.0 Å². The molecular weight excluding hydrogens is 1120 g/mol. The number of carboxylic acid groups (broad SMARTS) is 1. The third-order valence-corrected chi connectivity index (χ3v) is 15.5. The van der Waals surface area contributed by atoms with E-state index in [2.05, 4.69) is 10.6 Å². The Bertz CT molecular complexity index is 3440. The lowest BCUT2D eigenvalue weighted by atomic mass is 10.0. The molecule has 0 radical (unpaired) electrons. The highest BCUT2D eigenvalue weighted by Gasteiger charge is 2.41. The van der Waals surface area contributed by atoms with Gasteiger partial charge in [0.2, 0.25) is 11.0 Å². The van der Waals surface area contributed by atoms with E-state index in [1.807, 2.05) is 140 Å². The number of carboxylic acids is 1. The molecule has 6 amide bonds. The molecule has 4 unspecified atom stereocenters. The highest BCUT2D eigenvalue weighted by Crippen LogP contribution is 2.28. The summed E-state index contributed by atoms with van der Waals surface area (Å²) in [6.07, 6.45) is 0.476. The first-order valence-electron chi connectivity index (χ1n) is 27.2. The van der Waals surface area contributed by atoms with Crippen LogP contribution in [0.15, 0.2) is 200 Å². The number of hydroxylamine groups is 2. The van der Waals surface area contributed by atoms with Crippen molar-refractivity contribution in [2.45, 2.75) is 81.5 Å². The van der Waals surface area contributed by atoms with Gasteiger partial charge in [0.05, 0.1) is 17.3 Å². The number of aliphatic carboxylic acids is 1. The minimum absolute atomic E-state index is 0.0247. The number of imide groups is 2. The number of nitrogens with zero attached hydrogens (tertiary/aromatic N) is 2. The normalized spacial score (nSPS) is 14.8. The van der Waals surface area contributed by atoms with Crippen molar-refractivity contribution in [3.8, 4) is 22.3 Å². The number of hydrogen-bond acceptors (Lipinski definition) is 14. The van der Waals surface area contributed by atoms with E-state index in [-0.39, 0.29) is 48.8 Å². The summed E-state index contributed by atoms with van der Waals surface area (Å²) in [6.45, 7) is 4.56. The van der Waals surface area contributed by atoms with E-state index in [1.165, 1.54) is 18.7 Å². The zero-order valence-corrected chi connectivity index (χ0v) is 48.4. The number of nitrogens with one attached hydrogen (secondary N) is 2. The number of hydrogen-bond donors (Lipinski definition) is 3. The van der Waals surface area contributed by atoms with E-state index >= 15 is 0 Å². The van der Waals surface area contributed by atoms with Crippen LogP contribution in [0, 0.1) is 0 Å². The molecule has 85 heavy (non-hydrogen) atoms. The number of benzene rings is 7. The first-order chi connectivity index (χ1) is 40.9. The molecule has 2 saturated heterocycles. The molecule has 0 bridgehead atoms. The highest BCUT2D eigenvalue weighted by molar-refractivity contribution is 8.15. The number of carbonyl (C=O) groups is 10. The van der Waals surface area contributed by atoms with Crippen LogP contribution in [0.2, 0.25) is 0 Å². The second-order valence-electron chi connectivity index (χ2n) is 19.6. The molecule has 3 N–H and O–H groups in total. The van der Waals surface area contributed by atoms with Crippen LogP contribution in [-0.2, 0) is 62.4 Å². The van der Waals surface area contributed by atoms with Crippen LogP contribution < -0.4 is 10.6 Å². The number of thioether (sulfide) groups is 2. The van der Waals surface area contributed by atoms with Gasteiger partial charge in [-0.3, -0.25) is 38.4 Å². The fraction of sp³-hybridized carbons (Fsp3) is 0.212. The summed E-state index contributed by atoms with van der Waals surface area (Å²) in [4.78, 5) is 127. The minimum atomic E-state index is -1.06. The monoisotopic (exact) mass is 1180 g/mol. The Hall–Kier alpha value is -9.46. The van der Waals surface area contributed by atoms with Crippen LogP contribution in [0.25, 0.3) is 22.3 Å². The Kier molecular flexibility index (Phi) is 23.2. The number of rotatable bonds is 19. The van der Waals surface area contributed by atoms with E-state index in [1.54, 1.807) is 67.6 Å². The van der Waals surface area contributed by atoms with Crippen molar-refractivity contribution >= 4 is 81.3 Å². The smallest absolute Gasteiger partial charge is 0.417 e. The predicted molar refractivity (Wildman–Crippen MR) is 323 cm³/mol. The second-order valence-corrected chi connectivity index (χ2v) is 22.2. The molecule has 7 aromatic carbocycles. The van der Waals surface area contributed by atoms with Crippen LogP contribution in [0.3, 0.4) is 0 Å². The molecule has 9 rings (SSSR count). The van der Waals surface area contributed by atoms with Crippen molar-refractivity contribution in [3.63, 3.8) is 0 Å². The largest absolute Gasteiger partial charge is 0.480 e. The number of amides is 6. The lowest BCUT2D eigenvalue weighted by molar-refractivity contribution is -0.198. The predicted octanol–water partition coefficient (Wildman–Crippen LogP) is 9.97. The van der Waals surface area contributed by atoms with Gasteiger partial charge in [0, 0.05) is 30.9 Å². The molecule has 2 heterocycles. The molecule has 2 fully saturated rings. The second kappa shape index (κ2) is 31.3. The summed E-state index contributed by atoms with van der Waals surface area (Å²) in [7, 11) is 0. The Morgan fingerprint density at radius 3 is 1.40 bits per heavy atom. The third-order valence-electron chi connectivity index (χ3n) is 13.3. The molecule has 19 heteroatoms. The van der Waals surface area contributed by atoms with Gasteiger partial charge in [0.1, 0.15) is 17.9 Å². The third kappa shape index (κ3) is 18.8. The quantitative estimate of drug-likeness (QED) is 0.0638. The maximum atomic E-state index is 13.4. The average molecular weight is 1180 g/mol. The zero-order valence-electron chi connectivity index (χ0n) is 46.7. The first-order valence-corrected chi connectivity index (χ1v) is 28.9. The summed E-state index contributed by atoms with van der Waals surface area (Å²) in [5.41, 5.74) is 7.92. The number of carbonyl (C=O) groups excluding carboxylic acids is 9. The molecule has 0 aromatic heterocycles. The first kappa shape index (κ1) is 63.1. The van der Waals surface area contributed by atoms with Crippen molar-refractivity contribution in [1.29, 1.82) is 0 Å². The Morgan fingerprint density at radius 2 is 0.953 bits per heavy atom. The fourth-order valence-electron chi connectivity index (χ4n) is 8.76. The van der Waals surface area contributed by atoms with E-state index in [0.29, 0.717) is 29.0 Å². The SMILES string of the molecule is CC(=O)SC(Cc1ccc(-c2ccccc2)cc1)C(=O)N1C(=O)OC[C@@H]1Cc1ccccc1.CC(NC(=O)c1ccccc1)C(=O)ON1C(=O)CCC1=O.CC(NC(=O)c1ccccc1)C(=O)SC(Cc1ccc(-c2ccccc2)cc1)C(=O)O. The summed E-state index contributed by atoms with van der Waals surface area (Å²) in [5.74, 6) is -4.25. The molecule has 436 valence electrons. The summed E-state index contributed by atoms with van der Waals surface area (Å²) in [5, 5.41) is 12.9. The summed E-state index contributed by atoms with van der Waals surface area (Å²) >= 11 is 1.70. The van der Waals surface area contributed by atoms with Crippen LogP contribution in [0.5, 0.6) is 0 Å².